The molecule has 11 heteroatoms. The third kappa shape index (κ3) is 4.51. The highest BCUT2D eigenvalue weighted by atomic mass is 32.2. The van der Waals surface area contributed by atoms with Crippen molar-refractivity contribution < 1.29 is 17.6 Å². The highest BCUT2D eigenvalue weighted by molar-refractivity contribution is 7.89. The lowest BCUT2D eigenvalue weighted by atomic mass is 10.1. The van der Waals surface area contributed by atoms with Crippen molar-refractivity contribution in [2.45, 2.75) is 51.0 Å². The lowest BCUT2D eigenvalue weighted by molar-refractivity contribution is 0.102. The van der Waals surface area contributed by atoms with Gasteiger partial charge in [0.15, 0.2) is 5.82 Å². The third-order valence-corrected chi connectivity index (χ3v) is 7.87. The topological polar surface area (TPSA) is 110 Å². The van der Waals surface area contributed by atoms with Crippen LogP contribution in [-0.2, 0) is 10.0 Å². The van der Waals surface area contributed by atoms with Gasteiger partial charge in [0.1, 0.15) is 11.5 Å². The Hall–Kier alpha value is -3.18. The van der Waals surface area contributed by atoms with E-state index in [1.807, 2.05) is 6.92 Å². The first-order valence-electron chi connectivity index (χ1n) is 10.7. The first kappa shape index (κ1) is 23.0. The van der Waals surface area contributed by atoms with Crippen molar-refractivity contribution in [2.24, 2.45) is 0 Å². The van der Waals surface area contributed by atoms with Crippen LogP contribution in [0.15, 0.2) is 41.3 Å². The molecule has 33 heavy (non-hydrogen) atoms. The van der Waals surface area contributed by atoms with E-state index in [1.165, 1.54) is 39.3 Å². The van der Waals surface area contributed by atoms with Crippen LogP contribution in [0.5, 0.6) is 0 Å². The van der Waals surface area contributed by atoms with Crippen LogP contribution in [-0.4, -0.2) is 51.4 Å². The number of benzene rings is 2. The van der Waals surface area contributed by atoms with Gasteiger partial charge in [0.25, 0.3) is 5.91 Å². The van der Waals surface area contributed by atoms with E-state index in [9.17, 15) is 17.6 Å². The van der Waals surface area contributed by atoms with Crippen LogP contribution in [0.4, 0.5) is 10.1 Å². The number of aromatic nitrogens is 4. The number of hydrogen-bond donors (Lipinski definition) is 1. The van der Waals surface area contributed by atoms with E-state index in [-0.39, 0.29) is 22.2 Å². The van der Waals surface area contributed by atoms with Crippen molar-refractivity contribution in [1.82, 2.24) is 24.5 Å². The van der Waals surface area contributed by atoms with Crippen LogP contribution in [0.1, 0.15) is 47.9 Å². The maximum Gasteiger partial charge on any atom is 0.255 e. The Morgan fingerprint density at radius 1 is 1.15 bits per heavy atom. The average molecular weight is 473 g/mol. The Kier molecular flexibility index (Phi) is 6.26. The molecule has 1 amide bonds. The molecule has 1 atom stereocenters. The Morgan fingerprint density at radius 2 is 1.94 bits per heavy atom. The van der Waals surface area contributed by atoms with Gasteiger partial charge in [-0.1, -0.05) is 12.5 Å². The van der Waals surface area contributed by atoms with Gasteiger partial charge < -0.3 is 5.32 Å². The molecule has 3 aromatic rings. The zero-order valence-corrected chi connectivity index (χ0v) is 19.4. The second kappa shape index (κ2) is 8.99. The molecule has 9 nitrogen and oxygen atoms in total. The molecule has 1 saturated heterocycles. The van der Waals surface area contributed by atoms with Crippen LogP contribution in [0, 0.1) is 19.7 Å². The zero-order valence-electron chi connectivity index (χ0n) is 18.6. The number of amides is 1. The fraction of sp³-hybridized carbons (Fsp3) is 0.364. The Morgan fingerprint density at radius 3 is 2.64 bits per heavy atom. The SMILES string of the molecule is Cc1ccc(S(=O)(=O)N2CCCCC2C)cc1C(=O)Nc1ccc(F)c(-n2nnnc2C)c1. The number of aryl methyl sites for hydroxylation is 2. The number of halogens is 1. The number of piperidine rings is 1. The fourth-order valence-corrected chi connectivity index (χ4v) is 5.70. The predicted molar refractivity (Wildman–Crippen MR) is 120 cm³/mol. The van der Waals surface area contributed by atoms with Crippen LogP contribution in [0.2, 0.25) is 0 Å². The van der Waals surface area contributed by atoms with Crippen molar-refractivity contribution in [3.8, 4) is 5.69 Å². The molecular weight excluding hydrogens is 447 g/mol. The minimum Gasteiger partial charge on any atom is -0.322 e. The van der Waals surface area contributed by atoms with E-state index >= 15 is 0 Å². The summed E-state index contributed by atoms with van der Waals surface area (Å²) in [7, 11) is -3.73. The summed E-state index contributed by atoms with van der Waals surface area (Å²) < 4.78 is 43.5. The van der Waals surface area contributed by atoms with Crippen molar-refractivity contribution in [3.05, 3.63) is 59.2 Å². The molecular formula is C22H25FN6O3S. The largest absolute Gasteiger partial charge is 0.322 e. The molecule has 0 spiro atoms. The standard InChI is InChI=1S/C22H25FN6O3S/c1-14-7-9-18(33(31,32)28-11-5-4-6-15(28)2)13-19(14)22(30)24-17-8-10-20(23)21(12-17)29-16(3)25-26-27-29/h7-10,12-13,15H,4-6,11H2,1-3H3,(H,24,30). The summed E-state index contributed by atoms with van der Waals surface area (Å²) in [6.45, 7) is 5.73. The number of tetrazole rings is 1. The maximum atomic E-state index is 14.3. The molecule has 0 bridgehead atoms. The second-order valence-corrected chi connectivity index (χ2v) is 10.1. The molecule has 1 unspecified atom stereocenters. The average Bonchev–Trinajstić information content (AvgIpc) is 3.21. The smallest absolute Gasteiger partial charge is 0.255 e. The lowest BCUT2D eigenvalue weighted by Crippen LogP contribution is -2.42. The van der Waals surface area contributed by atoms with Gasteiger partial charge in [-0.25, -0.2) is 12.8 Å². The van der Waals surface area contributed by atoms with Crippen LogP contribution in [0.3, 0.4) is 0 Å². The van der Waals surface area contributed by atoms with Crippen molar-refractivity contribution in [2.75, 3.05) is 11.9 Å². The van der Waals surface area contributed by atoms with Crippen molar-refractivity contribution in [1.29, 1.82) is 0 Å². The van der Waals surface area contributed by atoms with Gasteiger partial charge in [0, 0.05) is 23.8 Å². The minimum atomic E-state index is -3.73. The summed E-state index contributed by atoms with van der Waals surface area (Å²) in [4.78, 5) is 13.1. The molecule has 1 N–H and O–H groups in total. The normalized spacial score (nSPS) is 17.2. The van der Waals surface area contributed by atoms with Gasteiger partial charge in [-0.05, 0) is 79.9 Å². The summed E-state index contributed by atoms with van der Waals surface area (Å²) in [5.74, 6) is -0.663. The molecule has 4 rings (SSSR count). The maximum absolute atomic E-state index is 14.3. The van der Waals surface area contributed by atoms with Gasteiger partial charge in [0.2, 0.25) is 10.0 Å². The van der Waals surface area contributed by atoms with Gasteiger partial charge >= 0.3 is 0 Å². The van der Waals surface area contributed by atoms with Gasteiger partial charge in [-0.3, -0.25) is 4.79 Å². The number of hydrogen-bond acceptors (Lipinski definition) is 6. The third-order valence-electron chi connectivity index (χ3n) is 5.86. The quantitative estimate of drug-likeness (QED) is 0.611. The molecule has 2 aromatic carbocycles. The summed E-state index contributed by atoms with van der Waals surface area (Å²) in [6.07, 6.45) is 2.63. The van der Waals surface area contributed by atoms with Gasteiger partial charge in [0.05, 0.1) is 4.90 Å². The monoisotopic (exact) mass is 472 g/mol. The summed E-state index contributed by atoms with van der Waals surface area (Å²) in [6, 6.07) is 8.50. The van der Waals surface area contributed by atoms with E-state index in [0.29, 0.717) is 23.6 Å². The molecule has 2 heterocycles. The number of rotatable bonds is 5. The number of carbonyl (C=O) groups excluding carboxylic acids is 1. The van der Waals surface area contributed by atoms with E-state index in [0.717, 1.165) is 19.3 Å². The lowest BCUT2D eigenvalue weighted by Gasteiger charge is -2.32. The summed E-state index contributed by atoms with van der Waals surface area (Å²) in [5.41, 5.74) is 1.26. The highest BCUT2D eigenvalue weighted by Gasteiger charge is 2.31. The number of nitrogens with zero attached hydrogens (tertiary/aromatic N) is 5. The van der Waals surface area contributed by atoms with Crippen molar-refractivity contribution >= 4 is 21.6 Å². The van der Waals surface area contributed by atoms with E-state index in [2.05, 4.69) is 20.8 Å². The Bertz CT molecular complexity index is 1310. The van der Waals surface area contributed by atoms with E-state index in [4.69, 9.17) is 0 Å². The first-order chi connectivity index (χ1) is 15.7. The molecule has 1 fully saturated rings. The Balaban J connectivity index is 1.63. The molecule has 1 aromatic heterocycles. The van der Waals surface area contributed by atoms with Crippen molar-refractivity contribution in [3.63, 3.8) is 0 Å². The summed E-state index contributed by atoms with van der Waals surface area (Å²) >= 11 is 0. The summed E-state index contributed by atoms with van der Waals surface area (Å²) in [5, 5.41) is 13.7. The molecule has 0 aliphatic carbocycles. The molecule has 0 saturated carbocycles. The molecule has 174 valence electrons. The number of carbonyl (C=O) groups is 1. The number of sulfonamides is 1. The second-order valence-electron chi connectivity index (χ2n) is 8.20. The molecule has 1 aliphatic rings. The predicted octanol–water partition coefficient (Wildman–Crippen LogP) is 3.23. The zero-order chi connectivity index (χ0) is 23.8. The highest BCUT2D eigenvalue weighted by Crippen LogP contribution is 2.27. The van der Waals surface area contributed by atoms with E-state index in [1.54, 1.807) is 19.9 Å². The van der Waals surface area contributed by atoms with Gasteiger partial charge in [-0.2, -0.15) is 8.99 Å². The van der Waals surface area contributed by atoms with Crippen LogP contribution in [0.25, 0.3) is 5.69 Å². The van der Waals surface area contributed by atoms with Crippen LogP contribution >= 0.6 is 0 Å². The van der Waals surface area contributed by atoms with E-state index < -0.39 is 21.7 Å². The number of anilines is 1. The minimum absolute atomic E-state index is 0.0797. The first-order valence-corrected chi connectivity index (χ1v) is 12.1. The molecule has 1 aliphatic heterocycles. The molecule has 0 radical (unpaired) electrons. The fourth-order valence-electron chi connectivity index (χ4n) is 3.98. The number of nitrogens with one attached hydrogen (secondary N) is 1. The Labute approximate surface area is 191 Å². The van der Waals surface area contributed by atoms with Crippen LogP contribution < -0.4 is 5.32 Å². The van der Waals surface area contributed by atoms with Gasteiger partial charge in [-0.15, -0.1) is 5.10 Å².